The van der Waals surface area contributed by atoms with Crippen LogP contribution in [0.5, 0.6) is 11.5 Å². The SMILES string of the molecule is CCOc1ccccc1C(=O)NCC(c1ccc(OC)cc1)N(C)C. The van der Waals surface area contributed by atoms with Crippen LogP contribution in [0.1, 0.15) is 28.9 Å². The molecule has 1 unspecified atom stereocenters. The molecule has 0 saturated heterocycles. The second kappa shape index (κ2) is 9.08. The molecule has 0 aliphatic carbocycles. The maximum Gasteiger partial charge on any atom is 0.255 e. The van der Waals surface area contributed by atoms with Gasteiger partial charge >= 0.3 is 0 Å². The first-order valence-corrected chi connectivity index (χ1v) is 8.37. The molecule has 0 heterocycles. The number of carbonyl (C=O) groups excluding carboxylic acids is 1. The Bertz CT molecular complexity index is 684. The Balaban J connectivity index is 2.09. The number of para-hydroxylation sites is 1. The highest BCUT2D eigenvalue weighted by atomic mass is 16.5. The zero-order valence-electron chi connectivity index (χ0n) is 15.3. The Morgan fingerprint density at radius 2 is 1.80 bits per heavy atom. The molecule has 2 aromatic carbocycles. The highest BCUT2D eigenvalue weighted by molar-refractivity contribution is 5.96. The fourth-order valence-corrected chi connectivity index (χ4v) is 2.64. The molecular weight excluding hydrogens is 316 g/mol. The zero-order chi connectivity index (χ0) is 18.2. The third-order valence-corrected chi connectivity index (χ3v) is 4.01. The second-order valence-electron chi connectivity index (χ2n) is 5.89. The molecule has 1 amide bonds. The lowest BCUT2D eigenvalue weighted by Gasteiger charge is -2.25. The van der Waals surface area contributed by atoms with Crippen LogP contribution in [0.15, 0.2) is 48.5 Å². The minimum Gasteiger partial charge on any atom is -0.497 e. The van der Waals surface area contributed by atoms with Crippen molar-refractivity contribution in [1.82, 2.24) is 10.2 Å². The fourth-order valence-electron chi connectivity index (χ4n) is 2.64. The molecule has 2 aromatic rings. The predicted octanol–water partition coefficient (Wildman–Crippen LogP) is 3.13. The van der Waals surface area contributed by atoms with Crippen LogP contribution in [0.25, 0.3) is 0 Å². The van der Waals surface area contributed by atoms with E-state index >= 15 is 0 Å². The maximum absolute atomic E-state index is 12.6. The summed E-state index contributed by atoms with van der Waals surface area (Å²) in [6.45, 7) is 2.93. The van der Waals surface area contributed by atoms with Crippen LogP contribution in [0, 0.1) is 0 Å². The van der Waals surface area contributed by atoms with Gasteiger partial charge in [0.1, 0.15) is 11.5 Å². The summed E-state index contributed by atoms with van der Waals surface area (Å²) >= 11 is 0. The van der Waals surface area contributed by atoms with Crippen molar-refractivity contribution in [1.29, 1.82) is 0 Å². The van der Waals surface area contributed by atoms with Crippen molar-refractivity contribution in [3.8, 4) is 11.5 Å². The molecule has 0 bridgehead atoms. The maximum atomic E-state index is 12.6. The molecule has 5 heteroatoms. The quantitative estimate of drug-likeness (QED) is 0.801. The molecule has 0 spiro atoms. The molecule has 0 saturated carbocycles. The summed E-state index contributed by atoms with van der Waals surface area (Å²) in [5.41, 5.74) is 1.67. The van der Waals surface area contributed by atoms with E-state index in [9.17, 15) is 4.79 Å². The van der Waals surface area contributed by atoms with Crippen molar-refractivity contribution in [2.24, 2.45) is 0 Å². The number of methoxy groups -OCH3 is 1. The van der Waals surface area contributed by atoms with Crippen LogP contribution in [-0.2, 0) is 0 Å². The van der Waals surface area contributed by atoms with E-state index in [1.165, 1.54) is 0 Å². The van der Waals surface area contributed by atoms with Crippen LogP contribution in [-0.4, -0.2) is 45.2 Å². The standard InChI is InChI=1S/C20H26N2O3/c1-5-25-19-9-7-6-8-17(19)20(23)21-14-18(22(2)3)15-10-12-16(24-4)13-11-15/h6-13,18H,5,14H2,1-4H3,(H,21,23). The molecule has 0 radical (unpaired) electrons. The van der Waals surface area contributed by atoms with Crippen molar-refractivity contribution in [3.63, 3.8) is 0 Å². The van der Waals surface area contributed by atoms with Crippen LogP contribution >= 0.6 is 0 Å². The first kappa shape index (κ1) is 18.8. The number of carbonyl (C=O) groups is 1. The Morgan fingerprint density at radius 3 is 2.40 bits per heavy atom. The van der Waals surface area contributed by atoms with Crippen molar-refractivity contribution in [2.75, 3.05) is 34.4 Å². The van der Waals surface area contributed by atoms with Gasteiger partial charge in [-0.3, -0.25) is 4.79 Å². The summed E-state index contributed by atoms with van der Waals surface area (Å²) in [6.07, 6.45) is 0. The third kappa shape index (κ3) is 4.97. The highest BCUT2D eigenvalue weighted by Gasteiger charge is 2.17. The Hall–Kier alpha value is -2.53. The van der Waals surface area contributed by atoms with Gasteiger partial charge in [-0.25, -0.2) is 0 Å². The summed E-state index contributed by atoms with van der Waals surface area (Å²) in [4.78, 5) is 14.6. The minimum atomic E-state index is -0.135. The summed E-state index contributed by atoms with van der Waals surface area (Å²) in [5, 5.41) is 3.01. The van der Waals surface area contributed by atoms with E-state index in [1.54, 1.807) is 13.2 Å². The van der Waals surface area contributed by atoms with E-state index in [0.29, 0.717) is 24.5 Å². The normalized spacial score (nSPS) is 11.9. The minimum absolute atomic E-state index is 0.0640. The van der Waals surface area contributed by atoms with Crippen molar-refractivity contribution in [2.45, 2.75) is 13.0 Å². The summed E-state index contributed by atoms with van der Waals surface area (Å²) in [5.74, 6) is 1.29. The number of nitrogens with zero attached hydrogens (tertiary/aromatic N) is 1. The van der Waals surface area contributed by atoms with Gasteiger partial charge in [0.15, 0.2) is 0 Å². The predicted molar refractivity (Wildman–Crippen MR) is 99.4 cm³/mol. The Morgan fingerprint density at radius 1 is 1.12 bits per heavy atom. The lowest BCUT2D eigenvalue weighted by atomic mass is 10.1. The molecule has 1 atom stereocenters. The third-order valence-electron chi connectivity index (χ3n) is 4.01. The van der Waals surface area contributed by atoms with Gasteiger partial charge in [-0.15, -0.1) is 0 Å². The summed E-state index contributed by atoms with van der Waals surface area (Å²) in [7, 11) is 5.64. The first-order valence-electron chi connectivity index (χ1n) is 8.37. The van der Waals surface area contributed by atoms with E-state index in [1.807, 2.05) is 63.5 Å². The van der Waals surface area contributed by atoms with Gasteiger partial charge in [0.05, 0.1) is 25.3 Å². The van der Waals surface area contributed by atoms with Gasteiger partial charge in [-0.05, 0) is 50.8 Å². The van der Waals surface area contributed by atoms with Crippen LogP contribution in [0.2, 0.25) is 0 Å². The van der Waals surface area contributed by atoms with Crippen molar-refractivity contribution >= 4 is 5.91 Å². The molecule has 0 aliphatic heterocycles. The van der Waals surface area contributed by atoms with Crippen molar-refractivity contribution in [3.05, 3.63) is 59.7 Å². The summed E-state index contributed by atoms with van der Waals surface area (Å²) in [6, 6.07) is 15.2. The van der Waals surface area contributed by atoms with Gasteiger partial charge in [0, 0.05) is 6.54 Å². The highest BCUT2D eigenvalue weighted by Crippen LogP contribution is 2.22. The van der Waals surface area contributed by atoms with Gasteiger partial charge in [0.2, 0.25) is 0 Å². The number of likely N-dealkylation sites (N-methyl/N-ethyl adjacent to an activating group) is 1. The number of nitrogens with one attached hydrogen (secondary N) is 1. The molecule has 0 aliphatic rings. The van der Waals surface area contributed by atoms with E-state index in [-0.39, 0.29) is 11.9 Å². The smallest absolute Gasteiger partial charge is 0.255 e. The average Bonchev–Trinajstić information content (AvgIpc) is 2.62. The average molecular weight is 342 g/mol. The molecule has 5 nitrogen and oxygen atoms in total. The fraction of sp³-hybridized carbons (Fsp3) is 0.350. The van der Waals surface area contributed by atoms with Gasteiger partial charge in [-0.1, -0.05) is 24.3 Å². The van der Waals surface area contributed by atoms with Gasteiger partial charge in [0.25, 0.3) is 5.91 Å². The van der Waals surface area contributed by atoms with Crippen molar-refractivity contribution < 1.29 is 14.3 Å². The lowest BCUT2D eigenvalue weighted by molar-refractivity contribution is 0.0938. The molecule has 0 aromatic heterocycles. The molecular formula is C20H26N2O3. The Labute approximate surface area is 149 Å². The zero-order valence-corrected chi connectivity index (χ0v) is 15.3. The van der Waals surface area contributed by atoms with Crippen LogP contribution in [0.3, 0.4) is 0 Å². The van der Waals surface area contributed by atoms with Gasteiger partial charge in [-0.2, -0.15) is 0 Å². The first-order chi connectivity index (χ1) is 12.1. The van der Waals surface area contributed by atoms with E-state index in [4.69, 9.17) is 9.47 Å². The molecule has 0 fully saturated rings. The van der Waals surface area contributed by atoms with Crippen LogP contribution in [0.4, 0.5) is 0 Å². The Kier molecular flexibility index (Phi) is 6.83. The summed E-state index contributed by atoms with van der Waals surface area (Å²) < 4.78 is 10.7. The van der Waals surface area contributed by atoms with E-state index < -0.39 is 0 Å². The number of ether oxygens (including phenoxy) is 2. The number of hydrogen-bond acceptors (Lipinski definition) is 4. The lowest BCUT2D eigenvalue weighted by Crippen LogP contribution is -2.34. The topological polar surface area (TPSA) is 50.8 Å². The molecule has 1 N–H and O–H groups in total. The number of hydrogen-bond donors (Lipinski definition) is 1. The number of rotatable bonds is 8. The molecule has 134 valence electrons. The van der Waals surface area contributed by atoms with Gasteiger partial charge < -0.3 is 19.7 Å². The molecule has 2 rings (SSSR count). The van der Waals surface area contributed by atoms with E-state index in [2.05, 4.69) is 10.2 Å². The largest absolute Gasteiger partial charge is 0.497 e. The van der Waals surface area contributed by atoms with E-state index in [0.717, 1.165) is 11.3 Å². The second-order valence-corrected chi connectivity index (χ2v) is 5.89. The molecule has 25 heavy (non-hydrogen) atoms. The monoisotopic (exact) mass is 342 g/mol. The van der Waals surface area contributed by atoms with Crippen LogP contribution < -0.4 is 14.8 Å². The number of amides is 1. The number of benzene rings is 2.